The molecular formula is C30H38N6O8. The van der Waals surface area contributed by atoms with Crippen molar-refractivity contribution in [2.75, 3.05) is 16.3 Å². The smallest absolute Gasteiger partial charge is 0.421 e. The van der Waals surface area contributed by atoms with Gasteiger partial charge in [0.1, 0.15) is 17.6 Å². The number of amides is 4. The largest absolute Gasteiger partial charge is 0.481 e. The summed E-state index contributed by atoms with van der Waals surface area (Å²) in [6.45, 7) is 10.2. The minimum atomic E-state index is -1.13. The number of aromatic nitrogens is 1. The number of nitrogens with one attached hydrogen (secondary N) is 3. The Bertz CT molecular complexity index is 1430. The first-order valence-electron chi connectivity index (χ1n) is 13.9. The molecule has 2 heterocycles. The second-order valence-electron chi connectivity index (χ2n) is 12.1. The van der Waals surface area contributed by atoms with Crippen LogP contribution in [0.1, 0.15) is 71.6 Å². The van der Waals surface area contributed by atoms with E-state index in [0.29, 0.717) is 17.7 Å². The van der Waals surface area contributed by atoms with Crippen LogP contribution in [-0.2, 0) is 30.3 Å². The van der Waals surface area contributed by atoms with Crippen LogP contribution in [0.3, 0.4) is 0 Å². The molecule has 0 bridgehead atoms. The molecule has 14 nitrogen and oxygen atoms in total. The number of rotatable bonds is 7. The highest BCUT2D eigenvalue weighted by molar-refractivity contribution is 6.16. The monoisotopic (exact) mass is 610 g/mol. The summed E-state index contributed by atoms with van der Waals surface area (Å²) in [7, 11) is 0. The molecule has 4 N–H and O–H groups in total. The molecular weight excluding hydrogens is 572 g/mol. The van der Waals surface area contributed by atoms with Gasteiger partial charge in [-0.25, -0.2) is 14.5 Å². The molecule has 0 fully saturated rings. The van der Waals surface area contributed by atoms with Crippen LogP contribution in [0, 0.1) is 5.41 Å². The Morgan fingerprint density at radius 2 is 1.75 bits per heavy atom. The van der Waals surface area contributed by atoms with Gasteiger partial charge in [-0.1, -0.05) is 12.1 Å². The standard InChI is InChI=1S/C30H38N6O8/c1-29(2,3)43-27(41)34-26(31)36(28(42)44-30(4,5)6)20-10-9-18-11-13-35(22(18)14-20)24(38)16-23(37)33-21(15-25(39)40)19-8-7-12-32-17-19/h7-10,12,14,17,21H,11,13,15-16H2,1-6H3,(H,33,37)(H,39,40)(H2,31,34,41). The lowest BCUT2D eigenvalue weighted by atomic mass is 10.1. The van der Waals surface area contributed by atoms with Gasteiger partial charge in [-0.15, -0.1) is 0 Å². The molecule has 1 aliphatic heterocycles. The maximum absolute atomic E-state index is 13.3. The molecule has 1 aromatic carbocycles. The number of hydrogen-bond acceptors (Lipinski definition) is 9. The highest BCUT2D eigenvalue weighted by atomic mass is 16.6. The average molecular weight is 611 g/mol. The molecule has 0 saturated carbocycles. The van der Waals surface area contributed by atoms with Crippen LogP contribution in [0.15, 0.2) is 42.7 Å². The fourth-order valence-corrected chi connectivity index (χ4v) is 4.34. The molecule has 4 amide bonds. The van der Waals surface area contributed by atoms with Crippen LogP contribution >= 0.6 is 0 Å². The number of pyridine rings is 1. The molecule has 1 atom stereocenters. The first kappa shape index (κ1) is 33.5. The van der Waals surface area contributed by atoms with Crippen LogP contribution in [0.5, 0.6) is 0 Å². The molecule has 3 rings (SSSR count). The number of hydrogen-bond donors (Lipinski definition) is 4. The van der Waals surface area contributed by atoms with E-state index in [2.05, 4.69) is 15.6 Å². The average Bonchev–Trinajstić information content (AvgIpc) is 3.30. The lowest BCUT2D eigenvalue weighted by Gasteiger charge is -2.29. The summed E-state index contributed by atoms with van der Waals surface area (Å²) in [5, 5.41) is 22.6. The number of nitrogens with zero attached hydrogens (tertiary/aromatic N) is 3. The van der Waals surface area contributed by atoms with Crippen molar-refractivity contribution < 1.29 is 38.6 Å². The van der Waals surface area contributed by atoms with Gasteiger partial charge in [0.25, 0.3) is 0 Å². The first-order valence-corrected chi connectivity index (χ1v) is 13.9. The molecule has 44 heavy (non-hydrogen) atoms. The van der Waals surface area contributed by atoms with Gasteiger partial charge in [-0.05, 0) is 77.3 Å². The first-order chi connectivity index (χ1) is 20.4. The SMILES string of the molecule is CC(C)(C)OC(=O)NC(=N)N(C(=O)OC(C)(C)C)c1ccc2c(c1)N(C(=O)CC(=O)NC(CC(=O)O)c1cccnc1)CC2. The van der Waals surface area contributed by atoms with Gasteiger partial charge in [-0.2, -0.15) is 0 Å². The summed E-state index contributed by atoms with van der Waals surface area (Å²) < 4.78 is 10.7. The summed E-state index contributed by atoms with van der Waals surface area (Å²) in [4.78, 5) is 69.3. The van der Waals surface area contributed by atoms with E-state index in [4.69, 9.17) is 14.9 Å². The van der Waals surface area contributed by atoms with Crippen LogP contribution in [0.2, 0.25) is 0 Å². The summed E-state index contributed by atoms with van der Waals surface area (Å²) in [5.74, 6) is -2.99. The van der Waals surface area contributed by atoms with E-state index >= 15 is 0 Å². The Hall–Kier alpha value is -5.01. The lowest BCUT2D eigenvalue weighted by molar-refractivity contribution is -0.137. The summed E-state index contributed by atoms with van der Waals surface area (Å²) in [5.41, 5.74) is -0.00132. The molecule has 1 aromatic heterocycles. The van der Waals surface area contributed by atoms with E-state index in [1.807, 2.05) is 0 Å². The third-order valence-corrected chi connectivity index (χ3v) is 6.06. The van der Waals surface area contributed by atoms with E-state index in [1.54, 1.807) is 65.8 Å². The third kappa shape index (κ3) is 9.51. The molecule has 0 spiro atoms. The number of anilines is 2. The van der Waals surface area contributed by atoms with E-state index < -0.39 is 66.0 Å². The quantitative estimate of drug-likeness (QED) is 0.205. The van der Waals surface area contributed by atoms with Crippen molar-refractivity contribution in [3.8, 4) is 0 Å². The summed E-state index contributed by atoms with van der Waals surface area (Å²) >= 11 is 0. The number of guanidine groups is 1. The molecule has 0 radical (unpaired) electrons. The number of carboxylic acid groups (broad SMARTS) is 1. The maximum atomic E-state index is 13.3. The second kappa shape index (κ2) is 13.5. The van der Waals surface area contributed by atoms with Crippen molar-refractivity contribution in [1.29, 1.82) is 5.41 Å². The van der Waals surface area contributed by atoms with Crippen molar-refractivity contribution in [2.45, 2.75) is 78.0 Å². The van der Waals surface area contributed by atoms with Gasteiger partial charge < -0.3 is 24.8 Å². The highest BCUT2D eigenvalue weighted by Gasteiger charge is 2.32. The molecule has 14 heteroatoms. The van der Waals surface area contributed by atoms with E-state index in [9.17, 15) is 29.1 Å². The zero-order chi connectivity index (χ0) is 32.8. The number of carbonyl (C=O) groups excluding carboxylic acids is 4. The van der Waals surface area contributed by atoms with Gasteiger partial charge in [0.2, 0.25) is 17.8 Å². The highest BCUT2D eigenvalue weighted by Crippen LogP contribution is 2.33. The number of carbonyl (C=O) groups is 5. The van der Waals surface area contributed by atoms with Gasteiger partial charge in [-0.3, -0.25) is 30.1 Å². The molecule has 0 saturated heterocycles. The van der Waals surface area contributed by atoms with Gasteiger partial charge in [0.05, 0.1) is 18.2 Å². The Kier molecular flexibility index (Phi) is 10.3. The number of aliphatic carboxylic acids is 1. The molecule has 1 unspecified atom stereocenters. The Morgan fingerprint density at radius 3 is 2.34 bits per heavy atom. The maximum Gasteiger partial charge on any atom is 0.421 e. The van der Waals surface area contributed by atoms with Crippen LogP contribution in [-0.4, -0.2) is 63.8 Å². The van der Waals surface area contributed by atoms with Crippen molar-refractivity contribution >= 4 is 47.3 Å². The number of alkyl carbamates (subject to hydrolysis) is 1. The van der Waals surface area contributed by atoms with Crippen molar-refractivity contribution in [3.05, 3.63) is 53.9 Å². The lowest BCUT2D eigenvalue weighted by Crippen LogP contribution is -2.49. The number of benzene rings is 1. The molecule has 0 aliphatic carbocycles. The summed E-state index contributed by atoms with van der Waals surface area (Å²) in [6.07, 6.45) is 0.572. The van der Waals surface area contributed by atoms with E-state index in [0.717, 1.165) is 10.5 Å². The molecule has 236 valence electrons. The number of carboxylic acids is 1. The minimum absolute atomic E-state index is 0.126. The predicted octanol–water partition coefficient (Wildman–Crippen LogP) is 3.89. The predicted molar refractivity (Wildman–Crippen MR) is 160 cm³/mol. The Balaban J connectivity index is 1.83. The fraction of sp³-hybridized carbons (Fsp3) is 0.433. The van der Waals surface area contributed by atoms with E-state index in [-0.39, 0.29) is 12.2 Å². The summed E-state index contributed by atoms with van der Waals surface area (Å²) in [6, 6.07) is 7.09. The van der Waals surface area contributed by atoms with Crippen LogP contribution < -0.4 is 20.4 Å². The van der Waals surface area contributed by atoms with Crippen molar-refractivity contribution in [3.63, 3.8) is 0 Å². The third-order valence-electron chi connectivity index (χ3n) is 6.06. The van der Waals surface area contributed by atoms with Gasteiger partial charge >= 0.3 is 18.2 Å². The van der Waals surface area contributed by atoms with Crippen LogP contribution in [0.25, 0.3) is 0 Å². The minimum Gasteiger partial charge on any atom is -0.481 e. The molecule has 1 aliphatic rings. The van der Waals surface area contributed by atoms with Gasteiger partial charge in [0.15, 0.2) is 0 Å². The zero-order valence-electron chi connectivity index (χ0n) is 25.6. The number of ether oxygens (including phenoxy) is 2. The van der Waals surface area contributed by atoms with Crippen molar-refractivity contribution in [1.82, 2.24) is 15.6 Å². The molecule has 2 aromatic rings. The zero-order valence-corrected chi connectivity index (χ0v) is 25.6. The van der Waals surface area contributed by atoms with Crippen molar-refractivity contribution in [2.24, 2.45) is 0 Å². The Morgan fingerprint density at radius 1 is 1.07 bits per heavy atom. The van der Waals surface area contributed by atoms with E-state index in [1.165, 1.54) is 23.4 Å². The topological polar surface area (TPSA) is 191 Å². The van der Waals surface area contributed by atoms with Crippen LogP contribution in [0.4, 0.5) is 21.0 Å². The Labute approximate surface area is 255 Å². The normalized spacial score (nSPS) is 13.3. The fourth-order valence-electron chi connectivity index (χ4n) is 4.34. The number of fused-ring (bicyclic) bond motifs is 1. The van der Waals surface area contributed by atoms with Gasteiger partial charge in [0, 0.05) is 24.6 Å². The second-order valence-corrected chi connectivity index (χ2v) is 12.1.